The predicted molar refractivity (Wildman–Crippen MR) is 145 cm³/mol. The van der Waals surface area contributed by atoms with Crippen molar-refractivity contribution in [2.75, 3.05) is 25.1 Å². The second-order valence-corrected chi connectivity index (χ2v) is 9.89. The highest BCUT2D eigenvalue weighted by Crippen LogP contribution is 2.48. The van der Waals surface area contributed by atoms with Crippen LogP contribution in [-0.4, -0.2) is 36.5 Å². The van der Waals surface area contributed by atoms with Crippen molar-refractivity contribution in [3.8, 4) is 11.5 Å². The fourth-order valence-electron chi connectivity index (χ4n) is 5.53. The molecule has 0 aromatic heterocycles. The lowest BCUT2D eigenvalue weighted by Crippen LogP contribution is -2.49. The average molecular weight is 499 g/mol. The summed E-state index contributed by atoms with van der Waals surface area (Å²) < 4.78 is 11.8. The van der Waals surface area contributed by atoms with Crippen molar-refractivity contribution in [2.45, 2.75) is 52.0 Å². The third-order valence-electron chi connectivity index (χ3n) is 7.31. The van der Waals surface area contributed by atoms with Gasteiger partial charge in [0.15, 0.2) is 11.5 Å². The van der Waals surface area contributed by atoms with Gasteiger partial charge >= 0.3 is 0 Å². The Bertz CT molecular complexity index is 1320. The van der Waals surface area contributed by atoms with Gasteiger partial charge in [-0.15, -0.1) is 0 Å². The van der Waals surface area contributed by atoms with Crippen molar-refractivity contribution in [1.82, 2.24) is 4.90 Å². The Hall–Kier alpha value is -3.80. The second kappa shape index (κ2) is 10.3. The number of ether oxygens (including phenoxy) is 2. The molecule has 37 heavy (non-hydrogen) atoms. The van der Waals surface area contributed by atoms with Gasteiger partial charge in [-0.3, -0.25) is 9.59 Å². The topological polar surface area (TPSA) is 67.9 Å². The molecule has 6 heteroatoms. The van der Waals surface area contributed by atoms with Crippen LogP contribution in [0.5, 0.6) is 11.5 Å². The van der Waals surface area contributed by atoms with Crippen molar-refractivity contribution in [3.63, 3.8) is 0 Å². The van der Waals surface area contributed by atoms with Crippen LogP contribution in [0.1, 0.15) is 78.2 Å². The molecule has 2 amide bonds. The first kappa shape index (κ1) is 24.9. The summed E-state index contributed by atoms with van der Waals surface area (Å²) in [7, 11) is 0. The summed E-state index contributed by atoms with van der Waals surface area (Å²) in [4.78, 5) is 29.5. The van der Waals surface area contributed by atoms with Crippen LogP contribution in [0.25, 0.3) is 0 Å². The molecule has 0 radical (unpaired) electrons. The largest absolute Gasteiger partial charge is 0.490 e. The van der Waals surface area contributed by atoms with Crippen LogP contribution < -0.4 is 14.8 Å². The van der Waals surface area contributed by atoms with E-state index in [4.69, 9.17) is 9.47 Å². The number of nitrogens with zero attached hydrogens (tertiary/aromatic N) is 1. The summed E-state index contributed by atoms with van der Waals surface area (Å²) in [5.74, 6) is 1.01. The maximum Gasteiger partial charge on any atom is 0.254 e. The number of hydrogen-bond donors (Lipinski definition) is 1. The Kier molecular flexibility index (Phi) is 6.92. The van der Waals surface area contributed by atoms with Crippen molar-refractivity contribution in [2.24, 2.45) is 0 Å². The molecule has 2 atom stereocenters. The lowest BCUT2D eigenvalue weighted by molar-refractivity contribution is -0.119. The average Bonchev–Trinajstić information content (AvgIpc) is 2.90. The van der Waals surface area contributed by atoms with Crippen LogP contribution in [-0.2, 0) is 11.2 Å². The van der Waals surface area contributed by atoms with E-state index in [1.807, 2.05) is 79.4 Å². The van der Waals surface area contributed by atoms with E-state index in [0.717, 1.165) is 22.4 Å². The molecule has 5 rings (SSSR count). The SMILES string of the molecule is CCOc1cc2c(cc1OCC)[C@@H]1[C@H](C(=O)Nc3ccc(C(C)C)cc3)c3ccccc3C(=O)N1CC2. The highest BCUT2D eigenvalue weighted by atomic mass is 16.5. The zero-order chi connectivity index (χ0) is 26.1. The minimum atomic E-state index is -0.565. The monoisotopic (exact) mass is 498 g/mol. The fourth-order valence-corrected chi connectivity index (χ4v) is 5.53. The standard InChI is InChI=1S/C31H34N2O4/c1-5-36-26-17-21-15-16-33-29(25(21)18-27(26)37-6-2)28(23-9-7-8-10-24(23)31(33)35)30(34)32-22-13-11-20(12-14-22)19(3)4/h7-14,17-19,28-29H,5-6,15-16H2,1-4H3,(H,32,34)/t28-,29-/m1/s1. The van der Waals surface area contributed by atoms with E-state index >= 15 is 0 Å². The zero-order valence-corrected chi connectivity index (χ0v) is 21.9. The van der Waals surface area contributed by atoms with Crippen LogP contribution in [0, 0.1) is 0 Å². The van der Waals surface area contributed by atoms with Gasteiger partial charge in [0, 0.05) is 17.8 Å². The number of anilines is 1. The molecule has 0 spiro atoms. The summed E-state index contributed by atoms with van der Waals surface area (Å²) in [5.41, 5.74) is 5.33. The fraction of sp³-hybridized carbons (Fsp3) is 0.355. The third kappa shape index (κ3) is 4.57. The first-order valence-corrected chi connectivity index (χ1v) is 13.2. The van der Waals surface area contributed by atoms with E-state index in [0.29, 0.717) is 49.2 Å². The van der Waals surface area contributed by atoms with E-state index in [-0.39, 0.29) is 11.8 Å². The molecule has 0 aliphatic carbocycles. The highest BCUT2D eigenvalue weighted by Gasteiger charge is 2.46. The van der Waals surface area contributed by atoms with Gasteiger partial charge in [0.2, 0.25) is 5.91 Å². The summed E-state index contributed by atoms with van der Waals surface area (Å²) in [6.45, 7) is 9.73. The molecule has 2 heterocycles. The van der Waals surface area contributed by atoms with Crippen molar-refractivity contribution in [3.05, 3.63) is 88.5 Å². The molecule has 2 aliphatic heterocycles. The second-order valence-electron chi connectivity index (χ2n) is 9.89. The number of carbonyl (C=O) groups is 2. The number of benzene rings is 3. The third-order valence-corrected chi connectivity index (χ3v) is 7.31. The molecule has 6 nitrogen and oxygen atoms in total. The summed E-state index contributed by atoms with van der Waals surface area (Å²) in [5, 5.41) is 3.14. The Morgan fingerprint density at radius 2 is 1.65 bits per heavy atom. The van der Waals surface area contributed by atoms with E-state index in [9.17, 15) is 9.59 Å². The summed E-state index contributed by atoms with van der Waals surface area (Å²) in [6, 6.07) is 19.0. The predicted octanol–water partition coefficient (Wildman–Crippen LogP) is 6.08. The molecule has 3 aromatic rings. The van der Waals surface area contributed by atoms with Crippen LogP contribution in [0.4, 0.5) is 5.69 Å². The van der Waals surface area contributed by atoms with Gasteiger partial charge in [-0.05, 0) is 78.8 Å². The van der Waals surface area contributed by atoms with Crippen LogP contribution in [0.3, 0.4) is 0 Å². The van der Waals surface area contributed by atoms with Crippen LogP contribution in [0.2, 0.25) is 0 Å². The van der Waals surface area contributed by atoms with Gasteiger partial charge < -0.3 is 19.7 Å². The lowest BCUT2D eigenvalue weighted by Gasteiger charge is -2.45. The van der Waals surface area contributed by atoms with Gasteiger partial charge in [-0.25, -0.2) is 0 Å². The Morgan fingerprint density at radius 3 is 2.32 bits per heavy atom. The van der Waals surface area contributed by atoms with Gasteiger partial charge in [0.25, 0.3) is 5.91 Å². The summed E-state index contributed by atoms with van der Waals surface area (Å²) in [6.07, 6.45) is 0.692. The Balaban J connectivity index is 1.60. The maximum atomic E-state index is 14.0. The quantitative estimate of drug-likeness (QED) is 0.429. The smallest absolute Gasteiger partial charge is 0.254 e. The van der Waals surface area contributed by atoms with Crippen molar-refractivity contribution >= 4 is 17.5 Å². The van der Waals surface area contributed by atoms with Crippen molar-refractivity contribution < 1.29 is 19.1 Å². The first-order valence-electron chi connectivity index (χ1n) is 13.2. The first-order chi connectivity index (χ1) is 17.9. The molecule has 0 saturated heterocycles. The minimum absolute atomic E-state index is 0.0385. The zero-order valence-electron chi connectivity index (χ0n) is 21.9. The molecule has 0 unspecified atom stereocenters. The van der Waals surface area contributed by atoms with Crippen molar-refractivity contribution in [1.29, 1.82) is 0 Å². The molecule has 192 valence electrons. The van der Waals surface area contributed by atoms with Gasteiger partial charge in [-0.2, -0.15) is 0 Å². The van der Waals surface area contributed by atoms with Gasteiger partial charge in [-0.1, -0.05) is 44.2 Å². The van der Waals surface area contributed by atoms with Crippen LogP contribution in [0.15, 0.2) is 60.7 Å². The molecule has 2 aliphatic rings. The number of fused-ring (bicyclic) bond motifs is 4. The van der Waals surface area contributed by atoms with Gasteiger partial charge in [0.05, 0.1) is 25.2 Å². The van der Waals surface area contributed by atoms with E-state index in [2.05, 4.69) is 19.2 Å². The van der Waals surface area contributed by atoms with E-state index < -0.39 is 12.0 Å². The minimum Gasteiger partial charge on any atom is -0.490 e. The Labute approximate surface area is 218 Å². The summed E-state index contributed by atoms with van der Waals surface area (Å²) >= 11 is 0. The van der Waals surface area contributed by atoms with E-state index in [1.54, 1.807) is 0 Å². The highest BCUT2D eigenvalue weighted by molar-refractivity contribution is 6.04. The molecule has 0 saturated carbocycles. The molecule has 0 fully saturated rings. The number of amides is 2. The van der Waals surface area contributed by atoms with E-state index in [1.165, 1.54) is 5.56 Å². The molecule has 0 bridgehead atoms. The Morgan fingerprint density at radius 1 is 0.973 bits per heavy atom. The number of hydrogen-bond acceptors (Lipinski definition) is 4. The normalized spacial score (nSPS) is 18.1. The molecular weight excluding hydrogens is 464 g/mol. The van der Waals surface area contributed by atoms with Gasteiger partial charge in [0.1, 0.15) is 0 Å². The number of nitrogens with one attached hydrogen (secondary N) is 1. The maximum absolute atomic E-state index is 14.0. The lowest BCUT2D eigenvalue weighted by atomic mass is 9.75. The number of carbonyl (C=O) groups excluding carboxylic acids is 2. The van der Waals surface area contributed by atoms with Crippen LogP contribution >= 0.6 is 0 Å². The molecular formula is C31H34N2O4. The molecule has 3 aromatic carbocycles. The molecule has 1 N–H and O–H groups in total. The number of rotatable bonds is 7.